The molecule has 1 aliphatic rings. The van der Waals surface area contributed by atoms with Gasteiger partial charge in [0, 0.05) is 17.8 Å². The number of rotatable bonds is 2. The molecule has 0 saturated carbocycles. The summed E-state index contributed by atoms with van der Waals surface area (Å²) in [6.07, 6.45) is 3.66. The summed E-state index contributed by atoms with van der Waals surface area (Å²) in [7, 11) is 0. The molecule has 2 aromatic rings. The maximum Gasteiger partial charge on any atom is 0.330 e. The molecule has 0 aromatic carbocycles. The molecule has 0 fully saturated rings. The van der Waals surface area contributed by atoms with Crippen molar-refractivity contribution in [1.29, 1.82) is 0 Å². The Morgan fingerprint density at radius 2 is 2.00 bits per heavy atom. The van der Waals surface area contributed by atoms with Crippen molar-refractivity contribution in [2.45, 2.75) is 26.8 Å². The van der Waals surface area contributed by atoms with Crippen molar-refractivity contribution >= 4 is 39.9 Å². The molecule has 0 radical (unpaired) electrons. The van der Waals surface area contributed by atoms with Crippen molar-refractivity contribution in [3.05, 3.63) is 49.4 Å². The van der Waals surface area contributed by atoms with Gasteiger partial charge in [-0.25, -0.2) is 9.78 Å². The lowest BCUT2D eigenvalue weighted by atomic mass is 9.89. The zero-order chi connectivity index (χ0) is 17.6. The van der Waals surface area contributed by atoms with Gasteiger partial charge in [-0.2, -0.15) is 0 Å². The van der Waals surface area contributed by atoms with E-state index in [-0.39, 0.29) is 39.1 Å². The summed E-state index contributed by atoms with van der Waals surface area (Å²) < 4.78 is 1.45. The Morgan fingerprint density at radius 1 is 1.29 bits per heavy atom. The fourth-order valence-electron chi connectivity index (χ4n) is 2.96. The predicted molar refractivity (Wildman–Crippen MR) is 96.3 cm³/mol. The summed E-state index contributed by atoms with van der Waals surface area (Å²) in [5, 5.41) is 0.424. The van der Waals surface area contributed by atoms with Crippen molar-refractivity contribution in [2.24, 2.45) is 16.8 Å². The number of allylic oxidation sites excluding steroid dienone is 1. The molecule has 3 rings (SSSR count). The van der Waals surface area contributed by atoms with Gasteiger partial charge in [0.15, 0.2) is 5.65 Å². The molecular formula is C16H16Cl2N4O2. The Balaban J connectivity index is 2.39. The van der Waals surface area contributed by atoms with Crippen molar-refractivity contribution < 1.29 is 0 Å². The summed E-state index contributed by atoms with van der Waals surface area (Å²) in [5.41, 5.74) is -0.0368. The minimum atomic E-state index is -0.543. The van der Waals surface area contributed by atoms with E-state index in [9.17, 15) is 9.59 Å². The molecule has 1 N–H and O–H groups in total. The van der Waals surface area contributed by atoms with Crippen LogP contribution in [0, 0.1) is 11.8 Å². The number of hydrogen-bond donors (Lipinski definition) is 1. The van der Waals surface area contributed by atoms with E-state index in [4.69, 9.17) is 23.2 Å². The van der Waals surface area contributed by atoms with Crippen LogP contribution in [0.4, 0.5) is 0 Å². The lowest BCUT2D eigenvalue weighted by Gasteiger charge is -2.30. The number of aliphatic imine (C=N–C) groups is 1. The highest BCUT2D eigenvalue weighted by Crippen LogP contribution is 2.30. The number of pyridine rings is 1. The molecule has 6 nitrogen and oxygen atoms in total. The van der Waals surface area contributed by atoms with E-state index in [0.29, 0.717) is 0 Å². The Kier molecular flexibility index (Phi) is 4.36. The van der Waals surface area contributed by atoms with Crippen LogP contribution in [-0.2, 0) is 0 Å². The highest BCUT2D eigenvalue weighted by atomic mass is 35.5. The van der Waals surface area contributed by atoms with E-state index < -0.39 is 11.2 Å². The molecular weight excluding hydrogens is 351 g/mol. The van der Waals surface area contributed by atoms with Gasteiger partial charge in [0.25, 0.3) is 5.56 Å². The Morgan fingerprint density at radius 3 is 2.67 bits per heavy atom. The molecule has 126 valence electrons. The lowest BCUT2D eigenvalue weighted by molar-refractivity contribution is 0.484. The van der Waals surface area contributed by atoms with Crippen LogP contribution in [0.1, 0.15) is 26.8 Å². The first-order valence-corrected chi connectivity index (χ1v) is 8.31. The second-order valence-electron chi connectivity index (χ2n) is 6.12. The number of halogens is 2. The fourth-order valence-corrected chi connectivity index (χ4v) is 3.25. The van der Waals surface area contributed by atoms with Crippen LogP contribution in [0.3, 0.4) is 0 Å². The molecule has 0 amide bonds. The smallest absolute Gasteiger partial charge is 0.273 e. The van der Waals surface area contributed by atoms with E-state index in [0.717, 1.165) is 5.71 Å². The normalized spacial score (nSPS) is 20.7. The van der Waals surface area contributed by atoms with Gasteiger partial charge in [-0.1, -0.05) is 50.0 Å². The number of aromatic amines is 1. The average molecular weight is 367 g/mol. The van der Waals surface area contributed by atoms with Crippen LogP contribution in [0.15, 0.2) is 32.9 Å². The Bertz CT molecular complexity index is 988. The molecule has 0 aliphatic carbocycles. The van der Waals surface area contributed by atoms with E-state index in [2.05, 4.69) is 15.0 Å². The SMILES string of the molecule is CC(C)C1=NC=C[C@@H](C)C1n1c(=O)[nH]c(=O)c2cc(Cl)c(Cl)nc21. The van der Waals surface area contributed by atoms with Crippen LogP contribution in [0.5, 0.6) is 0 Å². The maximum atomic E-state index is 12.6. The molecule has 1 aliphatic heterocycles. The van der Waals surface area contributed by atoms with Gasteiger partial charge < -0.3 is 0 Å². The Hall–Kier alpha value is -1.92. The second kappa shape index (κ2) is 6.18. The van der Waals surface area contributed by atoms with E-state index >= 15 is 0 Å². The van der Waals surface area contributed by atoms with Gasteiger partial charge in [0.1, 0.15) is 5.15 Å². The van der Waals surface area contributed by atoms with Gasteiger partial charge >= 0.3 is 5.69 Å². The summed E-state index contributed by atoms with van der Waals surface area (Å²) in [6.45, 7) is 6.00. The van der Waals surface area contributed by atoms with Gasteiger partial charge in [-0.15, -0.1) is 0 Å². The first-order valence-electron chi connectivity index (χ1n) is 7.56. The standard InChI is InChI=1S/C16H16Cl2N4O2/c1-7(2)11-12(8(3)4-5-19-11)22-14-9(15(23)21-16(22)24)6-10(17)13(18)20-14/h4-8,12H,1-3H3,(H,21,23,24)/t8-,12?/m1/s1. The first kappa shape index (κ1) is 16.9. The zero-order valence-corrected chi connectivity index (χ0v) is 14.9. The van der Waals surface area contributed by atoms with Crippen LogP contribution in [0.25, 0.3) is 11.0 Å². The number of hydrogen-bond acceptors (Lipinski definition) is 4. The first-order chi connectivity index (χ1) is 11.3. The van der Waals surface area contributed by atoms with Crippen molar-refractivity contribution in [2.75, 3.05) is 0 Å². The zero-order valence-electron chi connectivity index (χ0n) is 13.4. The quantitative estimate of drug-likeness (QED) is 0.828. The number of fused-ring (bicyclic) bond motifs is 1. The van der Waals surface area contributed by atoms with Gasteiger partial charge in [-0.05, 0) is 12.0 Å². The molecule has 2 atom stereocenters. The molecule has 0 saturated heterocycles. The Labute approximate surface area is 147 Å². The van der Waals surface area contributed by atoms with E-state index in [1.165, 1.54) is 10.6 Å². The van der Waals surface area contributed by atoms with Gasteiger partial charge in [-0.3, -0.25) is 19.3 Å². The van der Waals surface area contributed by atoms with Crippen molar-refractivity contribution in [3.8, 4) is 0 Å². The van der Waals surface area contributed by atoms with Gasteiger partial charge in [0.05, 0.1) is 16.5 Å². The average Bonchev–Trinajstić information content (AvgIpc) is 2.50. The molecule has 24 heavy (non-hydrogen) atoms. The third kappa shape index (κ3) is 2.70. The maximum absolute atomic E-state index is 12.6. The summed E-state index contributed by atoms with van der Waals surface area (Å²) in [6, 6.07) is 1.07. The number of nitrogens with zero attached hydrogens (tertiary/aromatic N) is 3. The van der Waals surface area contributed by atoms with Gasteiger partial charge in [0.2, 0.25) is 0 Å². The van der Waals surface area contributed by atoms with E-state index in [1.54, 1.807) is 6.20 Å². The monoisotopic (exact) mass is 366 g/mol. The second-order valence-corrected chi connectivity index (χ2v) is 6.88. The lowest BCUT2D eigenvalue weighted by Crippen LogP contribution is -2.40. The highest BCUT2D eigenvalue weighted by molar-refractivity contribution is 6.41. The molecule has 0 bridgehead atoms. The summed E-state index contributed by atoms with van der Waals surface area (Å²) in [5.74, 6) is 0.127. The van der Waals surface area contributed by atoms with Crippen molar-refractivity contribution in [3.63, 3.8) is 0 Å². The molecule has 8 heteroatoms. The molecule has 2 aromatic heterocycles. The van der Waals surface area contributed by atoms with Crippen LogP contribution < -0.4 is 11.2 Å². The van der Waals surface area contributed by atoms with Crippen LogP contribution in [0.2, 0.25) is 10.2 Å². The third-order valence-electron chi connectivity index (χ3n) is 4.11. The summed E-state index contributed by atoms with van der Waals surface area (Å²) in [4.78, 5) is 35.7. The third-order valence-corrected chi connectivity index (χ3v) is 4.78. The topological polar surface area (TPSA) is 80.1 Å². The molecule has 3 heterocycles. The minimum absolute atomic E-state index is 0.00274. The van der Waals surface area contributed by atoms with E-state index in [1.807, 2.05) is 26.8 Å². The highest BCUT2D eigenvalue weighted by Gasteiger charge is 2.30. The molecule has 1 unspecified atom stereocenters. The fraction of sp³-hybridized carbons (Fsp3) is 0.375. The number of nitrogens with one attached hydrogen (secondary N) is 1. The number of aromatic nitrogens is 3. The largest absolute Gasteiger partial charge is 0.330 e. The van der Waals surface area contributed by atoms with Crippen LogP contribution in [-0.4, -0.2) is 20.2 Å². The number of H-pyrrole nitrogens is 1. The molecule has 0 spiro atoms. The summed E-state index contributed by atoms with van der Waals surface area (Å²) >= 11 is 12.0. The minimum Gasteiger partial charge on any atom is -0.273 e. The van der Waals surface area contributed by atoms with Crippen LogP contribution >= 0.6 is 23.2 Å². The van der Waals surface area contributed by atoms with Crippen molar-refractivity contribution in [1.82, 2.24) is 14.5 Å². The predicted octanol–water partition coefficient (Wildman–Crippen LogP) is 3.19.